The molecule has 3 aromatic carbocycles. The van der Waals surface area contributed by atoms with Crippen LogP contribution >= 0.6 is 11.6 Å². The Kier molecular flexibility index (Phi) is 7.84. The molecule has 0 aliphatic rings. The molecule has 0 aliphatic heterocycles. The molecule has 0 saturated carbocycles. The van der Waals surface area contributed by atoms with Crippen LogP contribution < -0.4 is 19.5 Å². The number of hydrogen-bond acceptors (Lipinski definition) is 5. The Morgan fingerprint density at radius 2 is 1.67 bits per heavy atom. The average Bonchev–Trinajstić information content (AvgIpc) is 2.80. The number of carbonyl (C=O) groups is 1. The average molecular weight is 489 g/mol. The van der Waals surface area contributed by atoms with Crippen LogP contribution in [0.1, 0.15) is 18.9 Å². The number of sulfonamides is 1. The minimum absolute atomic E-state index is 0.0527. The highest BCUT2D eigenvalue weighted by Crippen LogP contribution is 2.24. The Labute approximate surface area is 198 Å². The second kappa shape index (κ2) is 10.6. The van der Waals surface area contributed by atoms with Crippen molar-refractivity contribution in [1.29, 1.82) is 0 Å². The molecule has 0 saturated heterocycles. The summed E-state index contributed by atoms with van der Waals surface area (Å²) in [5.41, 5.74) is 1.66. The fourth-order valence-electron chi connectivity index (χ4n) is 2.97. The Morgan fingerprint density at radius 3 is 2.30 bits per heavy atom. The van der Waals surface area contributed by atoms with Crippen LogP contribution in [0.15, 0.2) is 71.6 Å². The molecule has 0 aliphatic carbocycles. The molecule has 7 nitrogen and oxygen atoms in total. The van der Waals surface area contributed by atoms with Gasteiger partial charge in [0, 0.05) is 16.8 Å². The number of anilines is 2. The smallest absolute Gasteiger partial charge is 0.265 e. The highest BCUT2D eigenvalue weighted by Gasteiger charge is 2.20. The van der Waals surface area contributed by atoms with Crippen molar-refractivity contribution >= 4 is 38.9 Å². The van der Waals surface area contributed by atoms with Crippen molar-refractivity contribution in [3.8, 4) is 11.5 Å². The van der Waals surface area contributed by atoms with Gasteiger partial charge in [0.25, 0.3) is 15.9 Å². The quantitative estimate of drug-likeness (QED) is 0.429. The third-order valence-corrected chi connectivity index (χ3v) is 6.64. The first-order chi connectivity index (χ1) is 15.7. The molecule has 0 fully saturated rings. The lowest BCUT2D eigenvalue weighted by atomic mass is 10.2. The minimum atomic E-state index is -3.81. The number of halogens is 1. The van der Waals surface area contributed by atoms with E-state index in [4.69, 9.17) is 21.1 Å². The van der Waals surface area contributed by atoms with Gasteiger partial charge in [0.15, 0.2) is 6.10 Å². The first-order valence-electron chi connectivity index (χ1n) is 10.2. The van der Waals surface area contributed by atoms with Crippen molar-refractivity contribution in [2.45, 2.75) is 31.3 Å². The summed E-state index contributed by atoms with van der Waals surface area (Å²) in [4.78, 5) is 12.7. The van der Waals surface area contributed by atoms with Crippen molar-refractivity contribution in [2.75, 3.05) is 17.1 Å². The second-order valence-electron chi connectivity index (χ2n) is 7.28. The zero-order chi connectivity index (χ0) is 24.0. The number of aryl methyl sites for hydroxylation is 1. The molecule has 0 spiro atoms. The number of ether oxygens (including phenoxy) is 2. The maximum Gasteiger partial charge on any atom is 0.265 e. The molecule has 33 heavy (non-hydrogen) atoms. The van der Waals surface area contributed by atoms with E-state index in [0.29, 0.717) is 34.3 Å². The van der Waals surface area contributed by atoms with Crippen LogP contribution in [0.4, 0.5) is 11.4 Å². The van der Waals surface area contributed by atoms with Crippen molar-refractivity contribution in [3.05, 3.63) is 77.3 Å². The lowest BCUT2D eigenvalue weighted by Gasteiger charge is -2.18. The van der Waals surface area contributed by atoms with E-state index in [0.717, 1.165) is 5.56 Å². The van der Waals surface area contributed by atoms with Crippen LogP contribution in [0.3, 0.4) is 0 Å². The molecule has 3 rings (SSSR count). The van der Waals surface area contributed by atoms with E-state index in [1.54, 1.807) is 49.6 Å². The molecule has 2 N–H and O–H groups in total. The highest BCUT2D eigenvalue weighted by molar-refractivity contribution is 7.92. The van der Waals surface area contributed by atoms with Gasteiger partial charge in [-0.05, 0) is 67.4 Å². The molecule has 0 unspecified atom stereocenters. The maximum absolute atomic E-state index is 12.7. The lowest BCUT2D eigenvalue weighted by Crippen LogP contribution is -2.32. The van der Waals surface area contributed by atoms with Gasteiger partial charge in [-0.25, -0.2) is 8.42 Å². The summed E-state index contributed by atoms with van der Waals surface area (Å²) in [6.07, 6.45) is -0.285. The van der Waals surface area contributed by atoms with Crippen LogP contribution in [0.5, 0.6) is 11.5 Å². The molecule has 3 aromatic rings. The standard InChI is InChI=1S/C24H25ClN2O5S/c1-4-23(32-20-7-5-6-19(15-20)31-3)24(28)26-17-10-12-21(13-11-17)33(29,30)27-18-9-8-16(2)22(25)14-18/h5-15,23,27H,4H2,1-3H3,(H,26,28)/t23-/m1/s1. The Morgan fingerprint density at radius 1 is 1.00 bits per heavy atom. The molecular formula is C24H25ClN2O5S. The fraction of sp³-hybridized carbons (Fsp3) is 0.208. The molecule has 1 amide bonds. The van der Waals surface area contributed by atoms with Crippen LogP contribution in [0, 0.1) is 6.92 Å². The summed E-state index contributed by atoms with van der Waals surface area (Å²) >= 11 is 6.07. The van der Waals surface area contributed by atoms with Crippen LogP contribution in [-0.2, 0) is 14.8 Å². The Balaban J connectivity index is 1.67. The summed E-state index contributed by atoms with van der Waals surface area (Å²) in [5, 5.41) is 3.22. The lowest BCUT2D eigenvalue weighted by molar-refractivity contribution is -0.122. The van der Waals surface area contributed by atoms with Gasteiger partial charge in [-0.3, -0.25) is 9.52 Å². The van der Waals surface area contributed by atoms with E-state index in [1.165, 1.54) is 24.3 Å². The number of amides is 1. The SMILES string of the molecule is CC[C@@H](Oc1cccc(OC)c1)C(=O)Nc1ccc(S(=O)(=O)Nc2ccc(C)c(Cl)c2)cc1. The molecule has 0 heterocycles. The molecule has 1 atom stereocenters. The van der Waals surface area contributed by atoms with Gasteiger partial charge in [-0.15, -0.1) is 0 Å². The van der Waals surface area contributed by atoms with Gasteiger partial charge in [-0.1, -0.05) is 30.7 Å². The predicted octanol–water partition coefficient (Wildman–Crippen LogP) is 5.25. The van der Waals surface area contributed by atoms with E-state index in [2.05, 4.69) is 10.0 Å². The summed E-state index contributed by atoms with van der Waals surface area (Å²) in [6, 6.07) is 17.8. The second-order valence-corrected chi connectivity index (χ2v) is 9.37. The number of benzene rings is 3. The third-order valence-electron chi connectivity index (χ3n) is 4.84. The van der Waals surface area contributed by atoms with Gasteiger partial charge in [-0.2, -0.15) is 0 Å². The van der Waals surface area contributed by atoms with Crippen molar-refractivity contribution < 1.29 is 22.7 Å². The van der Waals surface area contributed by atoms with Crippen LogP contribution in [-0.4, -0.2) is 27.5 Å². The molecule has 0 bridgehead atoms. The van der Waals surface area contributed by atoms with E-state index in [1.807, 2.05) is 13.8 Å². The molecule has 0 radical (unpaired) electrons. The summed E-state index contributed by atoms with van der Waals surface area (Å²) in [6.45, 7) is 3.67. The highest BCUT2D eigenvalue weighted by atomic mass is 35.5. The molecule has 0 aromatic heterocycles. The fourth-order valence-corrected chi connectivity index (χ4v) is 4.20. The molecule has 9 heteroatoms. The monoisotopic (exact) mass is 488 g/mol. The van der Waals surface area contributed by atoms with E-state index >= 15 is 0 Å². The zero-order valence-corrected chi connectivity index (χ0v) is 20.0. The van der Waals surface area contributed by atoms with Crippen molar-refractivity contribution in [2.24, 2.45) is 0 Å². The number of nitrogens with one attached hydrogen (secondary N) is 2. The van der Waals surface area contributed by atoms with Crippen molar-refractivity contribution in [1.82, 2.24) is 0 Å². The minimum Gasteiger partial charge on any atom is -0.497 e. The Bertz CT molecular complexity index is 1230. The van der Waals surface area contributed by atoms with Gasteiger partial charge in [0.1, 0.15) is 11.5 Å². The van der Waals surface area contributed by atoms with Crippen LogP contribution in [0.2, 0.25) is 5.02 Å². The van der Waals surface area contributed by atoms with E-state index < -0.39 is 16.1 Å². The normalized spacial score (nSPS) is 12.0. The number of hydrogen-bond donors (Lipinski definition) is 2. The van der Waals surface area contributed by atoms with Gasteiger partial charge in [0.05, 0.1) is 17.7 Å². The van der Waals surface area contributed by atoms with E-state index in [9.17, 15) is 13.2 Å². The molecular weight excluding hydrogens is 464 g/mol. The van der Waals surface area contributed by atoms with Gasteiger partial charge >= 0.3 is 0 Å². The summed E-state index contributed by atoms with van der Waals surface area (Å²) in [7, 11) is -2.26. The summed E-state index contributed by atoms with van der Waals surface area (Å²) < 4.78 is 38.8. The largest absolute Gasteiger partial charge is 0.497 e. The first-order valence-corrected chi connectivity index (χ1v) is 12.1. The third kappa shape index (κ3) is 6.40. The number of methoxy groups -OCH3 is 1. The maximum atomic E-state index is 12.7. The Hall–Kier alpha value is -3.23. The first kappa shape index (κ1) is 24.4. The number of carbonyl (C=O) groups excluding carboxylic acids is 1. The molecule has 174 valence electrons. The zero-order valence-electron chi connectivity index (χ0n) is 18.5. The predicted molar refractivity (Wildman–Crippen MR) is 130 cm³/mol. The topological polar surface area (TPSA) is 93.7 Å². The summed E-state index contributed by atoms with van der Waals surface area (Å²) in [5.74, 6) is 0.796. The van der Waals surface area contributed by atoms with Crippen LogP contribution in [0.25, 0.3) is 0 Å². The van der Waals surface area contributed by atoms with Crippen molar-refractivity contribution in [3.63, 3.8) is 0 Å². The van der Waals surface area contributed by atoms with Gasteiger partial charge < -0.3 is 14.8 Å². The van der Waals surface area contributed by atoms with Gasteiger partial charge in [0.2, 0.25) is 0 Å². The van der Waals surface area contributed by atoms with E-state index in [-0.39, 0.29) is 10.8 Å². The number of rotatable bonds is 9.